The van der Waals surface area contributed by atoms with Gasteiger partial charge in [0.15, 0.2) is 0 Å². The van der Waals surface area contributed by atoms with Crippen molar-refractivity contribution in [1.82, 2.24) is 9.76 Å². The topological polar surface area (TPSA) is 24.5 Å². The van der Waals surface area contributed by atoms with Gasteiger partial charge in [0, 0.05) is 14.1 Å². The Balaban J connectivity index is 2.51. The summed E-state index contributed by atoms with van der Waals surface area (Å²) in [4.78, 5) is 0. The molecule has 3 nitrogen and oxygen atoms in total. The van der Waals surface area contributed by atoms with Crippen LogP contribution < -0.4 is 5.09 Å². The Kier molecular flexibility index (Phi) is 2.35. The molecule has 0 aromatic rings. The van der Waals surface area contributed by atoms with Crippen LogP contribution >= 0.6 is 19.2 Å². The molecular formula is C4H12N2OPS+. The fourth-order valence-electron chi connectivity index (χ4n) is 0.667. The lowest BCUT2D eigenvalue weighted by molar-refractivity contribution is 0.369. The van der Waals surface area contributed by atoms with E-state index in [1.165, 1.54) is 0 Å². The molecule has 5 heteroatoms. The van der Waals surface area contributed by atoms with Gasteiger partial charge in [-0.05, 0) is 0 Å². The maximum atomic E-state index is 5.39. The highest BCUT2D eigenvalue weighted by Crippen LogP contribution is 2.63. The number of nitrogens with zero attached hydrogens (tertiary/aromatic N) is 1. The average Bonchev–Trinajstić information content (AvgIpc) is 2.16. The third-order valence-electron chi connectivity index (χ3n) is 1.23. The molecule has 1 N–H and O–H groups in total. The van der Waals surface area contributed by atoms with E-state index >= 15 is 0 Å². The number of nitrogens with one attached hydrogen (secondary N) is 1. The monoisotopic (exact) mass is 167 g/mol. The molecular weight excluding hydrogens is 155 g/mol. The van der Waals surface area contributed by atoms with Gasteiger partial charge < -0.3 is 0 Å². The second kappa shape index (κ2) is 2.72. The molecule has 1 saturated heterocycles. The lowest BCUT2D eigenvalue weighted by atomic mass is 10.8. The van der Waals surface area contributed by atoms with Gasteiger partial charge >= 0.3 is 6.99 Å². The van der Waals surface area contributed by atoms with Crippen LogP contribution in [0.2, 0.25) is 0 Å². The first-order chi connectivity index (χ1) is 4.15. The third kappa shape index (κ3) is 1.57. The highest BCUT2D eigenvalue weighted by atomic mass is 32.7. The summed E-state index contributed by atoms with van der Waals surface area (Å²) >= 11 is 4.38. The van der Waals surface area contributed by atoms with Gasteiger partial charge in [0.1, 0.15) is 6.61 Å². The van der Waals surface area contributed by atoms with Crippen molar-refractivity contribution in [2.75, 3.05) is 27.2 Å². The largest absolute Gasteiger partial charge is 0.346 e. The first kappa shape index (κ1) is 7.76. The first-order valence-electron chi connectivity index (χ1n) is 2.84. The normalized spacial score (nSPS) is 36.0. The molecule has 1 aliphatic rings. The number of hydrogen-bond acceptors (Lipinski definition) is 4. The summed E-state index contributed by atoms with van der Waals surface area (Å²) in [5, 5.41) is 3.21. The first-order valence-corrected chi connectivity index (χ1v) is 5.66. The van der Waals surface area contributed by atoms with Crippen LogP contribution in [0, 0.1) is 0 Å². The highest BCUT2D eigenvalue weighted by molar-refractivity contribution is 8.49. The molecule has 1 heterocycles. The van der Waals surface area contributed by atoms with Crippen LogP contribution in [0.25, 0.3) is 0 Å². The van der Waals surface area contributed by atoms with Crippen LogP contribution in [-0.2, 0) is 4.52 Å². The molecule has 0 aliphatic carbocycles. The molecule has 54 valence electrons. The van der Waals surface area contributed by atoms with Crippen LogP contribution in [0.3, 0.4) is 0 Å². The SMILES string of the molecule is CN(C)[P+]1(S)NCCO1. The summed E-state index contributed by atoms with van der Waals surface area (Å²) in [6.07, 6.45) is 0. The van der Waals surface area contributed by atoms with E-state index in [0.717, 1.165) is 13.2 Å². The zero-order chi connectivity index (χ0) is 6.91. The molecule has 0 spiro atoms. The van der Waals surface area contributed by atoms with E-state index in [4.69, 9.17) is 4.52 Å². The van der Waals surface area contributed by atoms with E-state index in [1.54, 1.807) is 0 Å². The van der Waals surface area contributed by atoms with Crippen LogP contribution in [0.5, 0.6) is 0 Å². The maximum Gasteiger partial charge on any atom is 0.346 e. The molecule has 0 radical (unpaired) electrons. The molecule has 0 bridgehead atoms. The van der Waals surface area contributed by atoms with Crippen molar-refractivity contribution in [2.45, 2.75) is 0 Å². The molecule has 1 rings (SSSR count). The Morgan fingerprint density at radius 3 is 2.56 bits per heavy atom. The van der Waals surface area contributed by atoms with Crippen molar-refractivity contribution in [3.05, 3.63) is 0 Å². The predicted octanol–water partition coefficient (Wildman–Crippen LogP) is 0.775. The van der Waals surface area contributed by atoms with Crippen molar-refractivity contribution in [3.8, 4) is 0 Å². The van der Waals surface area contributed by atoms with Crippen molar-refractivity contribution in [3.63, 3.8) is 0 Å². The second-order valence-corrected chi connectivity index (χ2v) is 6.22. The summed E-state index contributed by atoms with van der Waals surface area (Å²) in [6.45, 7) is 0.0990. The Bertz CT molecular complexity index is 105. The van der Waals surface area contributed by atoms with Crippen molar-refractivity contribution in [1.29, 1.82) is 0 Å². The molecule has 1 fully saturated rings. The molecule has 0 aromatic heterocycles. The molecule has 0 aromatic carbocycles. The van der Waals surface area contributed by atoms with Gasteiger partial charge in [-0.15, -0.1) is 9.76 Å². The molecule has 1 aliphatic heterocycles. The quantitative estimate of drug-likeness (QED) is 0.446. The van der Waals surface area contributed by atoms with Crippen LogP contribution in [0.1, 0.15) is 0 Å². The minimum atomic E-state index is -1.61. The minimum Gasteiger partial charge on any atom is -0.186 e. The molecule has 1 unspecified atom stereocenters. The molecule has 9 heavy (non-hydrogen) atoms. The Labute approximate surface area is 61.4 Å². The fraction of sp³-hybridized carbons (Fsp3) is 1.00. The van der Waals surface area contributed by atoms with Crippen molar-refractivity contribution in [2.24, 2.45) is 0 Å². The van der Waals surface area contributed by atoms with Gasteiger partial charge in [-0.25, -0.2) is 0 Å². The molecule has 0 saturated carbocycles. The second-order valence-electron chi connectivity index (χ2n) is 2.13. The smallest absolute Gasteiger partial charge is 0.186 e. The molecule has 1 atom stereocenters. The standard InChI is InChI=1S/C4H12N2OPS/c1-6(2)8(9)5-3-4-7-8/h5,9H,3-4H2,1-2H3/q+1. The fourth-order valence-corrected chi connectivity index (χ4v) is 2.55. The summed E-state index contributed by atoms with van der Waals surface area (Å²) in [7, 11) is 3.94. The van der Waals surface area contributed by atoms with Gasteiger partial charge in [0.25, 0.3) is 0 Å². The zero-order valence-corrected chi connectivity index (χ0v) is 7.45. The zero-order valence-electron chi connectivity index (χ0n) is 5.66. The van der Waals surface area contributed by atoms with Crippen LogP contribution in [0.15, 0.2) is 0 Å². The van der Waals surface area contributed by atoms with E-state index in [1.807, 2.05) is 18.8 Å². The Morgan fingerprint density at radius 1 is 1.67 bits per heavy atom. The highest BCUT2D eigenvalue weighted by Gasteiger charge is 2.43. The Morgan fingerprint density at radius 2 is 2.33 bits per heavy atom. The number of rotatable bonds is 1. The summed E-state index contributed by atoms with van der Waals surface area (Å²) in [5.41, 5.74) is 0. The average molecular weight is 167 g/mol. The maximum absolute atomic E-state index is 5.39. The van der Waals surface area contributed by atoms with Crippen LogP contribution in [0.4, 0.5) is 0 Å². The lowest BCUT2D eigenvalue weighted by Gasteiger charge is -2.17. The summed E-state index contributed by atoms with van der Waals surface area (Å²) in [5.74, 6) is 0. The predicted molar refractivity (Wildman–Crippen MR) is 43.5 cm³/mol. The van der Waals surface area contributed by atoms with Crippen LogP contribution in [-0.4, -0.2) is 31.9 Å². The van der Waals surface area contributed by atoms with Crippen molar-refractivity contribution < 1.29 is 4.52 Å². The van der Waals surface area contributed by atoms with Crippen molar-refractivity contribution >= 4 is 19.2 Å². The number of hydrogen-bond donors (Lipinski definition) is 2. The van der Waals surface area contributed by atoms with E-state index in [-0.39, 0.29) is 0 Å². The summed E-state index contributed by atoms with van der Waals surface area (Å²) in [6, 6.07) is 0. The van der Waals surface area contributed by atoms with Gasteiger partial charge in [-0.3, -0.25) is 0 Å². The van der Waals surface area contributed by atoms with E-state index in [9.17, 15) is 0 Å². The minimum absolute atomic E-state index is 0.787. The van der Waals surface area contributed by atoms with E-state index in [0.29, 0.717) is 0 Å². The number of thiol groups is 1. The van der Waals surface area contributed by atoms with E-state index in [2.05, 4.69) is 17.3 Å². The third-order valence-corrected chi connectivity index (χ3v) is 5.34. The van der Waals surface area contributed by atoms with E-state index < -0.39 is 6.99 Å². The molecule has 0 amide bonds. The Hall–Kier alpha value is 0.660. The summed E-state index contributed by atoms with van der Waals surface area (Å²) < 4.78 is 7.40. The lowest BCUT2D eigenvalue weighted by Crippen LogP contribution is -2.18. The van der Waals surface area contributed by atoms with Gasteiger partial charge in [-0.2, -0.15) is 4.52 Å². The van der Waals surface area contributed by atoms with Gasteiger partial charge in [-0.1, -0.05) is 0 Å². The van der Waals surface area contributed by atoms with Gasteiger partial charge in [0.2, 0.25) is 0 Å². The van der Waals surface area contributed by atoms with Gasteiger partial charge in [0.05, 0.1) is 18.8 Å².